The number of nitrogens with zero attached hydrogens (tertiary/aromatic N) is 1. The van der Waals surface area contributed by atoms with Gasteiger partial charge in [0, 0.05) is 39.6 Å². The summed E-state index contributed by atoms with van der Waals surface area (Å²) in [5, 5.41) is 11.5. The smallest absolute Gasteiger partial charge is 0.407 e. The molecule has 0 aliphatic heterocycles. The number of hydrogen-bond donors (Lipinski definition) is 2. The lowest BCUT2D eigenvalue weighted by molar-refractivity contribution is -0.137. The van der Waals surface area contributed by atoms with Crippen LogP contribution in [0, 0.1) is 0 Å². The van der Waals surface area contributed by atoms with Crippen molar-refractivity contribution in [3.63, 3.8) is 0 Å². The van der Waals surface area contributed by atoms with Crippen LogP contribution in [-0.2, 0) is 19.1 Å². The first-order valence-electron chi connectivity index (χ1n) is 12.0. The van der Waals surface area contributed by atoms with Crippen molar-refractivity contribution in [2.24, 2.45) is 0 Å². The van der Waals surface area contributed by atoms with E-state index in [-0.39, 0.29) is 24.9 Å². The van der Waals surface area contributed by atoms with Gasteiger partial charge in [0.1, 0.15) is 12.6 Å². The molecule has 2 aromatic carbocycles. The van der Waals surface area contributed by atoms with Gasteiger partial charge in [0.05, 0.1) is 0 Å². The van der Waals surface area contributed by atoms with Gasteiger partial charge < -0.3 is 24.8 Å². The van der Waals surface area contributed by atoms with Crippen molar-refractivity contribution in [1.29, 1.82) is 0 Å². The number of hydrogen-bond acceptors (Lipinski definition) is 5. The second kappa shape index (κ2) is 12.9. The molecule has 0 bridgehead atoms. The maximum absolute atomic E-state index is 13.0. The van der Waals surface area contributed by atoms with Crippen LogP contribution in [0.5, 0.6) is 0 Å². The first kappa shape index (κ1) is 26.2. The SMILES string of the molecule is COCCCC(NC(=O)OCC1c2ccccc2-c2ccccc21)C(=O)N(C)CCCCC(=O)O. The number of nitrogens with one attached hydrogen (secondary N) is 1. The maximum Gasteiger partial charge on any atom is 0.407 e. The number of carboxylic acid groups (broad SMARTS) is 1. The topological polar surface area (TPSA) is 105 Å². The first-order chi connectivity index (χ1) is 16.9. The molecular weight excluding hydrogens is 448 g/mol. The Kier molecular flexibility index (Phi) is 9.66. The van der Waals surface area contributed by atoms with Crippen molar-refractivity contribution in [3.05, 3.63) is 59.7 Å². The number of benzene rings is 2. The number of amides is 2. The normalized spacial score (nSPS) is 13.0. The second-order valence-electron chi connectivity index (χ2n) is 8.77. The summed E-state index contributed by atoms with van der Waals surface area (Å²) in [5.41, 5.74) is 4.54. The number of ether oxygens (including phenoxy) is 2. The minimum absolute atomic E-state index is 0.0623. The number of fused-ring (bicyclic) bond motifs is 3. The third kappa shape index (κ3) is 7.05. The molecule has 8 nitrogen and oxygen atoms in total. The number of carbonyl (C=O) groups is 3. The van der Waals surface area contributed by atoms with E-state index >= 15 is 0 Å². The highest BCUT2D eigenvalue weighted by Gasteiger charge is 2.30. The summed E-state index contributed by atoms with van der Waals surface area (Å²) >= 11 is 0. The zero-order valence-electron chi connectivity index (χ0n) is 20.4. The largest absolute Gasteiger partial charge is 0.481 e. The standard InChI is InChI=1S/C27H34N2O6/c1-29(16-8-7-15-25(30)31)26(32)24(14-9-17-34-2)28-27(33)35-18-23-21-12-5-3-10-19(21)20-11-4-6-13-22(20)23/h3-6,10-13,23-24H,7-9,14-18H2,1-2H3,(H,28,33)(H,30,31). The highest BCUT2D eigenvalue weighted by atomic mass is 16.5. The monoisotopic (exact) mass is 482 g/mol. The molecule has 3 rings (SSSR count). The van der Waals surface area contributed by atoms with E-state index in [2.05, 4.69) is 29.6 Å². The predicted molar refractivity (Wildman–Crippen MR) is 132 cm³/mol. The lowest BCUT2D eigenvalue weighted by Gasteiger charge is -2.25. The average Bonchev–Trinajstić information content (AvgIpc) is 3.18. The van der Waals surface area contributed by atoms with Crippen molar-refractivity contribution in [2.45, 2.75) is 44.1 Å². The van der Waals surface area contributed by atoms with Gasteiger partial charge in [-0.1, -0.05) is 48.5 Å². The van der Waals surface area contributed by atoms with Crippen LogP contribution >= 0.6 is 0 Å². The molecule has 1 aliphatic carbocycles. The molecule has 0 spiro atoms. The van der Waals surface area contributed by atoms with Gasteiger partial charge in [0.25, 0.3) is 0 Å². The van der Waals surface area contributed by atoms with E-state index in [1.807, 2.05) is 24.3 Å². The zero-order valence-corrected chi connectivity index (χ0v) is 20.4. The summed E-state index contributed by atoms with van der Waals surface area (Å²) < 4.78 is 10.7. The average molecular weight is 483 g/mol. The number of likely N-dealkylation sites (N-methyl/N-ethyl adjacent to an activating group) is 1. The van der Waals surface area contributed by atoms with Crippen molar-refractivity contribution < 1.29 is 29.0 Å². The maximum atomic E-state index is 13.0. The van der Waals surface area contributed by atoms with Crippen LogP contribution < -0.4 is 5.32 Å². The molecule has 188 valence electrons. The highest BCUT2D eigenvalue weighted by molar-refractivity contribution is 5.85. The van der Waals surface area contributed by atoms with E-state index in [1.54, 1.807) is 14.2 Å². The van der Waals surface area contributed by atoms with Crippen molar-refractivity contribution in [3.8, 4) is 11.1 Å². The molecule has 1 aliphatic rings. The molecule has 0 heterocycles. The zero-order chi connectivity index (χ0) is 25.2. The third-order valence-electron chi connectivity index (χ3n) is 6.29. The molecule has 35 heavy (non-hydrogen) atoms. The van der Waals surface area contributed by atoms with Crippen molar-refractivity contribution in [2.75, 3.05) is 33.9 Å². The number of alkyl carbamates (subject to hydrolysis) is 1. The van der Waals surface area contributed by atoms with E-state index in [0.29, 0.717) is 38.8 Å². The van der Waals surface area contributed by atoms with E-state index in [9.17, 15) is 14.4 Å². The Bertz CT molecular complexity index is 979. The second-order valence-corrected chi connectivity index (χ2v) is 8.77. The quantitative estimate of drug-likeness (QED) is 0.418. The third-order valence-corrected chi connectivity index (χ3v) is 6.29. The van der Waals surface area contributed by atoms with Gasteiger partial charge in [-0.15, -0.1) is 0 Å². The van der Waals surface area contributed by atoms with Crippen LogP contribution in [0.15, 0.2) is 48.5 Å². The number of carboxylic acids is 1. The van der Waals surface area contributed by atoms with Crippen LogP contribution in [0.4, 0.5) is 4.79 Å². The summed E-state index contributed by atoms with van der Waals surface area (Å²) in [4.78, 5) is 37.9. The Morgan fingerprint density at radius 2 is 1.63 bits per heavy atom. The van der Waals surface area contributed by atoms with Gasteiger partial charge in [0.15, 0.2) is 0 Å². The van der Waals surface area contributed by atoms with E-state index in [0.717, 1.165) is 22.3 Å². The number of carbonyl (C=O) groups excluding carboxylic acids is 2. The Labute approximate surface area is 206 Å². The molecule has 8 heteroatoms. The van der Waals surface area contributed by atoms with E-state index < -0.39 is 18.1 Å². The van der Waals surface area contributed by atoms with E-state index in [1.165, 1.54) is 4.90 Å². The molecule has 2 amide bonds. The predicted octanol–water partition coefficient (Wildman–Crippen LogP) is 4.03. The molecule has 2 N–H and O–H groups in total. The first-order valence-corrected chi connectivity index (χ1v) is 12.0. The van der Waals surface area contributed by atoms with Crippen LogP contribution in [0.2, 0.25) is 0 Å². The van der Waals surface area contributed by atoms with Crippen LogP contribution in [0.1, 0.15) is 49.1 Å². The molecule has 0 fully saturated rings. The minimum atomic E-state index is -0.853. The molecular formula is C27H34N2O6. The molecule has 0 radical (unpaired) electrons. The Balaban J connectivity index is 1.59. The van der Waals surface area contributed by atoms with Crippen LogP contribution in [0.3, 0.4) is 0 Å². The molecule has 0 aromatic heterocycles. The molecule has 0 saturated carbocycles. The highest BCUT2D eigenvalue weighted by Crippen LogP contribution is 2.44. The summed E-state index contributed by atoms with van der Waals surface area (Å²) in [6.07, 6.45) is 1.50. The lowest BCUT2D eigenvalue weighted by atomic mass is 9.98. The summed E-state index contributed by atoms with van der Waals surface area (Å²) in [7, 11) is 3.25. The van der Waals surface area contributed by atoms with Gasteiger partial charge in [-0.3, -0.25) is 9.59 Å². The van der Waals surface area contributed by atoms with Gasteiger partial charge in [-0.25, -0.2) is 4.79 Å². The van der Waals surface area contributed by atoms with Gasteiger partial charge in [-0.2, -0.15) is 0 Å². The number of aliphatic carboxylic acids is 1. The van der Waals surface area contributed by atoms with Gasteiger partial charge in [0.2, 0.25) is 5.91 Å². The fourth-order valence-electron chi connectivity index (χ4n) is 4.47. The van der Waals surface area contributed by atoms with Gasteiger partial charge >= 0.3 is 12.1 Å². The molecule has 2 aromatic rings. The fraction of sp³-hybridized carbons (Fsp3) is 0.444. The summed E-state index contributed by atoms with van der Waals surface area (Å²) in [5.74, 6) is -1.15. The Morgan fingerprint density at radius 3 is 2.23 bits per heavy atom. The number of rotatable bonds is 13. The lowest BCUT2D eigenvalue weighted by Crippen LogP contribution is -2.48. The van der Waals surface area contributed by atoms with Crippen LogP contribution in [-0.4, -0.2) is 67.9 Å². The summed E-state index contributed by atoms with van der Waals surface area (Å²) in [6, 6.07) is 15.5. The van der Waals surface area contributed by atoms with Gasteiger partial charge in [-0.05, 0) is 47.9 Å². The van der Waals surface area contributed by atoms with Crippen molar-refractivity contribution >= 4 is 18.0 Å². The van der Waals surface area contributed by atoms with Crippen molar-refractivity contribution in [1.82, 2.24) is 10.2 Å². The number of methoxy groups -OCH3 is 1. The molecule has 1 unspecified atom stereocenters. The van der Waals surface area contributed by atoms with Crippen LogP contribution in [0.25, 0.3) is 11.1 Å². The Morgan fingerprint density at radius 1 is 1.00 bits per heavy atom. The Hall–Kier alpha value is -3.39. The number of unbranched alkanes of at least 4 members (excludes halogenated alkanes) is 1. The fourth-order valence-corrected chi connectivity index (χ4v) is 4.47. The summed E-state index contributed by atoms with van der Waals surface area (Å²) in [6.45, 7) is 1.06. The molecule has 1 atom stereocenters. The van der Waals surface area contributed by atoms with E-state index in [4.69, 9.17) is 14.6 Å². The minimum Gasteiger partial charge on any atom is -0.481 e. The molecule has 0 saturated heterocycles.